The van der Waals surface area contributed by atoms with Crippen molar-refractivity contribution in [3.8, 4) is 23.0 Å². The number of phenolic OH excluding ortho intramolecular Hbond substituents is 2. The maximum Gasteiger partial charge on any atom is 0.303 e. The van der Waals surface area contributed by atoms with Gasteiger partial charge >= 0.3 is 71.6 Å². The molecule has 0 aromatic heterocycles. The van der Waals surface area contributed by atoms with Gasteiger partial charge in [0.2, 0.25) is 54.5 Å². The Morgan fingerprint density at radius 1 is 0.341 bits per heavy atom. The van der Waals surface area contributed by atoms with Gasteiger partial charge in [0.15, 0.2) is 59.7 Å². The van der Waals surface area contributed by atoms with Crippen LogP contribution in [0.5, 0.6) is 23.0 Å². The number of ketones is 2. The molecule has 1 aromatic rings. The van der Waals surface area contributed by atoms with Crippen molar-refractivity contribution >= 4 is 83.2 Å². The van der Waals surface area contributed by atoms with E-state index in [4.69, 9.17) is 85.3 Å². The van der Waals surface area contributed by atoms with Crippen LogP contribution in [-0.2, 0) is 133 Å². The van der Waals surface area contributed by atoms with Gasteiger partial charge in [-0.1, -0.05) is 6.92 Å². The number of Topliss-reactive ketones (excluding diaryl/α,β-unsaturated/α-hetero) is 2. The second-order valence-corrected chi connectivity index (χ2v) is 19.5. The molecule has 0 saturated carbocycles. The Morgan fingerprint density at radius 3 is 0.830 bits per heavy atom. The summed E-state index contributed by atoms with van der Waals surface area (Å²) in [5.41, 5.74) is -3.12. The highest BCUT2D eigenvalue weighted by molar-refractivity contribution is 6.29. The van der Waals surface area contributed by atoms with Crippen molar-refractivity contribution in [2.24, 2.45) is 0 Å². The molecule has 34 heteroatoms. The molecule has 0 amide bonds. The molecule has 3 aliphatic heterocycles. The molecule has 2 N–H and O–H groups in total. The van der Waals surface area contributed by atoms with Crippen LogP contribution >= 0.6 is 0 Å². The van der Waals surface area contributed by atoms with Crippen LogP contribution in [0.15, 0.2) is 11.3 Å². The van der Waals surface area contributed by atoms with Crippen LogP contribution in [0.3, 0.4) is 0 Å². The van der Waals surface area contributed by atoms with Gasteiger partial charge in [-0.25, -0.2) is 0 Å². The molecule has 5 rings (SSSR count). The van der Waals surface area contributed by atoms with Crippen molar-refractivity contribution in [3.63, 3.8) is 0 Å². The number of fused-ring (bicyclic) bond motifs is 1. The lowest BCUT2D eigenvalue weighted by atomic mass is 9.85. The lowest BCUT2D eigenvalue weighted by Gasteiger charge is -2.45. The summed E-state index contributed by atoms with van der Waals surface area (Å²) < 4.78 is 101. The largest absolute Gasteiger partial charge is 0.504 e. The van der Waals surface area contributed by atoms with Crippen LogP contribution in [-0.4, -0.2) is 205 Å². The first-order valence-electron chi connectivity index (χ1n) is 26.5. The monoisotopic (exact) mass is 1260 g/mol. The summed E-state index contributed by atoms with van der Waals surface area (Å²) in [6.07, 6.45) is -30.7. The second-order valence-electron chi connectivity index (χ2n) is 19.5. The predicted molar refractivity (Wildman–Crippen MR) is 274 cm³/mol. The third-order valence-electron chi connectivity index (χ3n) is 12.5. The fourth-order valence-electron chi connectivity index (χ4n) is 9.49. The van der Waals surface area contributed by atoms with Crippen molar-refractivity contribution in [1.29, 1.82) is 0 Å². The summed E-state index contributed by atoms with van der Waals surface area (Å²) >= 11 is 0. The van der Waals surface area contributed by atoms with Gasteiger partial charge in [-0.3, -0.25) is 67.1 Å². The predicted octanol–water partition coefficient (Wildman–Crippen LogP) is 0.164. The van der Waals surface area contributed by atoms with Gasteiger partial charge in [0.1, 0.15) is 38.1 Å². The van der Waals surface area contributed by atoms with E-state index in [-0.39, 0.29) is 0 Å². The fourth-order valence-corrected chi connectivity index (χ4v) is 9.49. The van der Waals surface area contributed by atoms with E-state index in [2.05, 4.69) is 0 Å². The van der Waals surface area contributed by atoms with E-state index < -0.39 is 247 Å². The first-order chi connectivity index (χ1) is 41.1. The number of rotatable bonds is 22. The molecule has 484 valence electrons. The topological polar surface area (TPSA) is 446 Å². The molecular weight excluding hydrogens is 1190 g/mol. The van der Waals surface area contributed by atoms with Gasteiger partial charge in [0, 0.05) is 88.7 Å². The molecule has 34 nitrogen and oxygen atoms in total. The number of hydrogen-bond donors (Lipinski definition) is 2. The third-order valence-corrected chi connectivity index (χ3v) is 12.5. The molecular formula is C54H64O34. The molecule has 3 fully saturated rings. The lowest BCUT2D eigenvalue weighted by Crippen LogP contribution is -2.64. The molecule has 4 aliphatic rings. The number of ether oxygens (including phenoxy) is 18. The zero-order valence-electron chi connectivity index (χ0n) is 49.4. The number of allylic oxidation sites excluding steroid dienone is 2. The van der Waals surface area contributed by atoms with E-state index >= 15 is 9.59 Å². The number of esters is 12. The molecule has 0 radical (unpaired) electrons. The standard InChI is InChI=1S/C54H64O34/c1-14-30-36(67)34-35(37(68)40(30)86-52-49(80-27(11)64)46(77-24(8)61)41(74-21(5)58)31(83-52)15-71-18(2)55)39(70)45(88-54-51(82-29(13)66)48(79-26(10)63)43(76-23(7)60)33(85-54)17-73-20(4)57)44(38(34)69)87-53-50(81-28(12)65)47(78-25(9)62)42(75-22(6)59)32(84-53)16-72-19(3)56/h31-33,41-43,46-54,69-70H,14-17H2,1-13H3/t31?,32?,33?,41-,42-,43-,46?,47?,48?,49?,50?,51?,52+,53+,54+/m1/s1. The van der Waals surface area contributed by atoms with Crippen molar-refractivity contribution in [1.82, 2.24) is 0 Å². The van der Waals surface area contributed by atoms with Crippen LogP contribution in [0.1, 0.15) is 117 Å². The number of hydrogen-bond acceptors (Lipinski definition) is 34. The van der Waals surface area contributed by atoms with Crippen LogP contribution in [0.25, 0.3) is 0 Å². The highest BCUT2D eigenvalue weighted by Crippen LogP contribution is 2.54. The van der Waals surface area contributed by atoms with Gasteiger partial charge in [0.25, 0.3) is 0 Å². The Morgan fingerprint density at radius 2 is 0.580 bits per heavy atom. The van der Waals surface area contributed by atoms with Crippen LogP contribution in [0.2, 0.25) is 0 Å². The first-order valence-corrected chi connectivity index (χ1v) is 26.5. The zero-order chi connectivity index (χ0) is 65.9. The average Bonchev–Trinajstić information content (AvgIpc) is 1.11. The minimum absolute atomic E-state index is 0.538. The molecule has 3 heterocycles. The summed E-state index contributed by atoms with van der Waals surface area (Å²) in [5.74, 6) is -22.7. The maximum absolute atomic E-state index is 15.4. The normalized spacial score (nSPS) is 27.3. The fraction of sp³-hybridized carbons (Fsp3) is 0.593. The van der Waals surface area contributed by atoms with Crippen molar-refractivity contribution in [2.45, 2.75) is 189 Å². The lowest BCUT2D eigenvalue weighted by molar-refractivity contribution is -0.299. The Balaban J connectivity index is 1.87. The van der Waals surface area contributed by atoms with E-state index in [1.54, 1.807) is 0 Å². The number of carbonyl (C=O) groups excluding carboxylic acids is 14. The summed E-state index contributed by atoms with van der Waals surface area (Å²) in [7, 11) is 0. The van der Waals surface area contributed by atoms with E-state index in [9.17, 15) is 67.7 Å². The summed E-state index contributed by atoms with van der Waals surface area (Å²) in [4.78, 5) is 182. The van der Waals surface area contributed by atoms with Crippen molar-refractivity contribution < 1.29 is 163 Å². The van der Waals surface area contributed by atoms with Crippen molar-refractivity contribution in [2.75, 3.05) is 19.8 Å². The van der Waals surface area contributed by atoms with E-state index in [1.807, 2.05) is 0 Å². The SMILES string of the molecule is CCC1=C(O[C@@H]2OC(COC(C)=O)[C@@H](OC(C)=O)C(OC(C)=O)C2OC(C)=O)C(=O)c2c(O)c(O[C@@H]3OC(COC(C)=O)[C@@H](OC(C)=O)C(OC(C)=O)C3OC(C)=O)c(O[C@@H]3OC(COC(C)=O)[C@@H](OC(C)=O)C(OC(C)=O)C3OC(C)=O)c(O)c2C1=O. The zero-order valence-corrected chi connectivity index (χ0v) is 49.4. The molecule has 0 bridgehead atoms. The van der Waals surface area contributed by atoms with E-state index in [0.29, 0.717) is 0 Å². The Bertz CT molecular complexity index is 2980. The third kappa shape index (κ3) is 17.3. The molecule has 0 spiro atoms. The number of carbonyl (C=O) groups is 14. The molecule has 1 aliphatic carbocycles. The van der Waals surface area contributed by atoms with Crippen molar-refractivity contribution in [3.05, 3.63) is 22.5 Å². The number of aromatic hydroxyl groups is 2. The Kier molecular flexibility index (Phi) is 23.7. The quantitative estimate of drug-likeness (QED) is 0.0887. The highest BCUT2D eigenvalue weighted by atomic mass is 16.8. The molecule has 3 saturated heterocycles. The van der Waals surface area contributed by atoms with E-state index in [0.717, 1.165) is 83.1 Å². The van der Waals surface area contributed by atoms with Gasteiger partial charge in [-0.2, -0.15) is 0 Å². The minimum Gasteiger partial charge on any atom is -0.504 e. The molecule has 9 unspecified atom stereocenters. The average molecular weight is 1260 g/mol. The van der Waals surface area contributed by atoms with Crippen LogP contribution < -0.4 is 9.47 Å². The van der Waals surface area contributed by atoms with Gasteiger partial charge < -0.3 is 95.5 Å². The smallest absolute Gasteiger partial charge is 0.303 e. The van der Waals surface area contributed by atoms with Gasteiger partial charge in [-0.05, 0) is 6.42 Å². The molecule has 1 aromatic carbocycles. The number of benzene rings is 1. The molecule has 88 heavy (non-hydrogen) atoms. The molecule has 15 atom stereocenters. The van der Waals surface area contributed by atoms with Gasteiger partial charge in [-0.15, -0.1) is 0 Å². The summed E-state index contributed by atoms with van der Waals surface area (Å²) in [6, 6.07) is 0. The van der Waals surface area contributed by atoms with Crippen LogP contribution in [0.4, 0.5) is 0 Å². The Hall–Kier alpha value is -9.18. The second kappa shape index (κ2) is 30.0. The number of phenols is 2. The Labute approximate surface area is 498 Å². The van der Waals surface area contributed by atoms with Crippen LogP contribution in [0, 0.1) is 0 Å². The highest BCUT2D eigenvalue weighted by Gasteiger charge is 2.58. The first kappa shape index (κ1) is 69.6. The maximum atomic E-state index is 15.4. The van der Waals surface area contributed by atoms with E-state index in [1.165, 1.54) is 6.92 Å². The summed E-state index contributed by atoms with van der Waals surface area (Å²) in [6.45, 7) is 9.63. The minimum atomic E-state index is -2.42. The summed E-state index contributed by atoms with van der Waals surface area (Å²) in [5, 5.41) is 25.4. The van der Waals surface area contributed by atoms with Gasteiger partial charge in [0.05, 0.1) is 11.1 Å².